The molecule has 114 valence electrons. The Labute approximate surface area is 121 Å². The molecule has 0 aliphatic heterocycles. The van der Waals surface area contributed by atoms with Crippen LogP contribution in [0.5, 0.6) is 0 Å². The molecule has 4 nitrogen and oxygen atoms in total. The zero-order valence-corrected chi connectivity index (χ0v) is 12.8. The number of fused-ring (bicyclic) bond motifs is 2. The smallest absolute Gasteiger partial charge is 0.309 e. The van der Waals surface area contributed by atoms with Gasteiger partial charge < -0.3 is 9.47 Å². The fraction of sp³-hybridized carbons (Fsp3) is 0.875. The third-order valence-electron chi connectivity index (χ3n) is 5.19. The number of esters is 2. The minimum absolute atomic E-state index is 0.0685. The van der Waals surface area contributed by atoms with Crippen molar-refractivity contribution in [1.82, 2.24) is 0 Å². The van der Waals surface area contributed by atoms with Crippen LogP contribution in [0.2, 0.25) is 0 Å². The lowest BCUT2D eigenvalue weighted by atomic mass is 9.80. The summed E-state index contributed by atoms with van der Waals surface area (Å²) in [7, 11) is 0. The number of ether oxygens (including phenoxy) is 2. The summed E-state index contributed by atoms with van der Waals surface area (Å²) in [4.78, 5) is 23.6. The number of hydrogen-bond acceptors (Lipinski definition) is 4. The maximum Gasteiger partial charge on any atom is 0.309 e. The van der Waals surface area contributed by atoms with E-state index in [1.807, 2.05) is 13.8 Å². The molecule has 0 amide bonds. The standard InChI is InChI=1S/C16H26O4/c1-4-10(2)15(17)19-7-8-20-16(18)14-11(3)12-5-6-13(14)9-12/h10-14H,4-9H2,1-3H3. The van der Waals surface area contributed by atoms with E-state index in [1.165, 1.54) is 12.8 Å². The van der Waals surface area contributed by atoms with E-state index in [0.717, 1.165) is 12.8 Å². The summed E-state index contributed by atoms with van der Waals surface area (Å²) in [6, 6.07) is 0. The molecule has 0 saturated heterocycles. The van der Waals surface area contributed by atoms with Gasteiger partial charge in [0.25, 0.3) is 0 Å². The van der Waals surface area contributed by atoms with Crippen molar-refractivity contribution in [3.63, 3.8) is 0 Å². The molecule has 2 aliphatic carbocycles. The maximum absolute atomic E-state index is 12.1. The fourth-order valence-electron chi connectivity index (χ4n) is 3.68. The van der Waals surface area contributed by atoms with E-state index in [0.29, 0.717) is 17.8 Å². The average Bonchev–Trinajstić information content (AvgIpc) is 3.02. The van der Waals surface area contributed by atoms with E-state index >= 15 is 0 Å². The van der Waals surface area contributed by atoms with Crippen LogP contribution in [-0.4, -0.2) is 25.2 Å². The molecule has 0 aromatic carbocycles. The van der Waals surface area contributed by atoms with Crippen LogP contribution in [0.1, 0.15) is 46.5 Å². The lowest BCUT2D eigenvalue weighted by Gasteiger charge is -2.26. The molecule has 0 aromatic rings. The maximum atomic E-state index is 12.1. The molecule has 2 fully saturated rings. The average molecular weight is 282 g/mol. The van der Waals surface area contributed by atoms with Gasteiger partial charge in [-0.25, -0.2) is 0 Å². The van der Waals surface area contributed by atoms with Crippen molar-refractivity contribution in [2.75, 3.05) is 13.2 Å². The second-order valence-corrected chi connectivity index (χ2v) is 6.36. The van der Waals surface area contributed by atoms with Gasteiger partial charge in [-0.15, -0.1) is 0 Å². The molecule has 5 atom stereocenters. The first-order valence-electron chi connectivity index (χ1n) is 7.87. The molecule has 4 heteroatoms. The number of hydrogen-bond donors (Lipinski definition) is 0. The number of rotatable bonds is 6. The summed E-state index contributed by atoms with van der Waals surface area (Å²) >= 11 is 0. The highest BCUT2D eigenvalue weighted by Gasteiger charge is 2.49. The molecule has 2 rings (SSSR count). The third kappa shape index (κ3) is 3.15. The molecule has 0 heterocycles. The second kappa shape index (κ2) is 6.59. The molecule has 2 bridgehead atoms. The van der Waals surface area contributed by atoms with E-state index in [-0.39, 0.29) is 37.0 Å². The Morgan fingerprint density at radius 1 is 1.15 bits per heavy atom. The zero-order chi connectivity index (χ0) is 14.7. The van der Waals surface area contributed by atoms with Crippen molar-refractivity contribution in [1.29, 1.82) is 0 Å². The summed E-state index contributed by atoms with van der Waals surface area (Å²) < 4.78 is 10.4. The third-order valence-corrected chi connectivity index (χ3v) is 5.19. The molecule has 20 heavy (non-hydrogen) atoms. The Balaban J connectivity index is 1.67. The van der Waals surface area contributed by atoms with E-state index in [2.05, 4.69) is 6.92 Å². The molecule has 0 spiro atoms. The summed E-state index contributed by atoms with van der Waals surface area (Å²) in [6.45, 7) is 6.30. The molecule has 5 unspecified atom stereocenters. The van der Waals surface area contributed by atoms with Crippen molar-refractivity contribution in [2.45, 2.75) is 46.5 Å². The van der Waals surface area contributed by atoms with Crippen LogP contribution in [0.4, 0.5) is 0 Å². The zero-order valence-electron chi connectivity index (χ0n) is 12.8. The number of carbonyl (C=O) groups is 2. The van der Waals surface area contributed by atoms with Crippen LogP contribution < -0.4 is 0 Å². The van der Waals surface area contributed by atoms with E-state index < -0.39 is 0 Å². The molecule has 0 aromatic heterocycles. The lowest BCUT2D eigenvalue weighted by molar-refractivity contribution is -0.159. The summed E-state index contributed by atoms with van der Waals surface area (Å²) in [5.41, 5.74) is 0. The van der Waals surface area contributed by atoms with Crippen molar-refractivity contribution < 1.29 is 19.1 Å². The van der Waals surface area contributed by atoms with Gasteiger partial charge in [0.1, 0.15) is 13.2 Å². The topological polar surface area (TPSA) is 52.6 Å². The summed E-state index contributed by atoms with van der Waals surface area (Å²) in [5.74, 6) is 1.35. The van der Waals surface area contributed by atoms with E-state index in [4.69, 9.17) is 9.47 Å². The Morgan fingerprint density at radius 2 is 1.80 bits per heavy atom. The van der Waals surface area contributed by atoms with E-state index in [9.17, 15) is 9.59 Å². The highest BCUT2D eigenvalue weighted by atomic mass is 16.6. The van der Waals surface area contributed by atoms with Gasteiger partial charge in [-0.05, 0) is 43.4 Å². The first-order valence-corrected chi connectivity index (χ1v) is 7.87. The van der Waals surface area contributed by atoms with Gasteiger partial charge in [0, 0.05) is 0 Å². The van der Waals surface area contributed by atoms with Gasteiger partial charge in [-0.1, -0.05) is 20.8 Å². The van der Waals surface area contributed by atoms with Crippen LogP contribution in [0.15, 0.2) is 0 Å². The Kier molecular flexibility index (Phi) is 5.06. The van der Waals surface area contributed by atoms with Crippen molar-refractivity contribution >= 4 is 11.9 Å². The van der Waals surface area contributed by atoms with Crippen molar-refractivity contribution in [3.8, 4) is 0 Å². The monoisotopic (exact) mass is 282 g/mol. The van der Waals surface area contributed by atoms with Gasteiger partial charge in [-0.3, -0.25) is 9.59 Å². The minimum atomic E-state index is -0.211. The number of carbonyl (C=O) groups excluding carboxylic acids is 2. The van der Waals surface area contributed by atoms with Crippen molar-refractivity contribution in [2.24, 2.45) is 29.6 Å². The quantitative estimate of drug-likeness (QED) is 0.555. The first-order chi connectivity index (χ1) is 9.54. The molecule has 0 radical (unpaired) electrons. The van der Waals surface area contributed by atoms with Crippen LogP contribution in [0.3, 0.4) is 0 Å². The summed E-state index contributed by atoms with van der Waals surface area (Å²) in [6.07, 6.45) is 4.38. The van der Waals surface area contributed by atoms with Gasteiger partial charge >= 0.3 is 11.9 Å². The minimum Gasteiger partial charge on any atom is -0.462 e. The van der Waals surface area contributed by atoms with Crippen LogP contribution in [-0.2, 0) is 19.1 Å². The van der Waals surface area contributed by atoms with Crippen LogP contribution in [0, 0.1) is 29.6 Å². The Morgan fingerprint density at radius 3 is 2.40 bits per heavy atom. The van der Waals surface area contributed by atoms with Gasteiger partial charge in [0.15, 0.2) is 0 Å². The molecule has 0 N–H and O–H groups in total. The fourth-order valence-corrected chi connectivity index (χ4v) is 3.68. The normalized spacial score (nSPS) is 33.0. The first kappa shape index (κ1) is 15.3. The molecular weight excluding hydrogens is 256 g/mol. The van der Waals surface area contributed by atoms with Gasteiger partial charge in [0.05, 0.1) is 11.8 Å². The molecule has 2 aliphatic rings. The molecule has 2 saturated carbocycles. The van der Waals surface area contributed by atoms with Crippen molar-refractivity contribution in [3.05, 3.63) is 0 Å². The Hall–Kier alpha value is -1.06. The van der Waals surface area contributed by atoms with Gasteiger partial charge in [-0.2, -0.15) is 0 Å². The highest BCUT2D eigenvalue weighted by Crippen LogP contribution is 2.52. The SMILES string of the molecule is CCC(C)C(=O)OCCOC(=O)C1C2CCC(C2)C1C. The van der Waals surface area contributed by atoms with Crippen LogP contribution in [0.25, 0.3) is 0 Å². The predicted octanol–water partition coefficient (Wildman–Crippen LogP) is 2.80. The lowest BCUT2D eigenvalue weighted by Crippen LogP contribution is -2.30. The molecular formula is C16H26O4. The van der Waals surface area contributed by atoms with Crippen LogP contribution >= 0.6 is 0 Å². The highest BCUT2D eigenvalue weighted by molar-refractivity contribution is 5.74. The van der Waals surface area contributed by atoms with Gasteiger partial charge in [0.2, 0.25) is 0 Å². The summed E-state index contributed by atoms with van der Waals surface area (Å²) in [5, 5.41) is 0. The predicted molar refractivity (Wildman–Crippen MR) is 74.9 cm³/mol. The van der Waals surface area contributed by atoms with E-state index in [1.54, 1.807) is 0 Å². The largest absolute Gasteiger partial charge is 0.462 e. The second-order valence-electron chi connectivity index (χ2n) is 6.36. The Bertz CT molecular complexity index is 363.